The molecule has 0 radical (unpaired) electrons. The normalized spacial score (nSPS) is 11.5. The molecule has 3 rings (SSSR count). The minimum atomic E-state index is -0.686. The van der Waals surface area contributed by atoms with Crippen molar-refractivity contribution in [3.8, 4) is 11.5 Å². The predicted molar refractivity (Wildman–Crippen MR) is 120 cm³/mol. The highest BCUT2D eigenvalue weighted by molar-refractivity contribution is 7.98. The molecular formula is C22H21ClN2O4S. The standard InChI is InChI=1S/C22H21ClN2O4S/c1-30-14-12-18(25-22(27)20-7-4-13-28-20)21(26)24-15-8-10-16(11-9-15)29-19-6-3-2-5-17(19)23/h2-11,13,18H,12,14H2,1H3,(H,24,26)(H,25,27). The average Bonchev–Trinajstić information content (AvgIpc) is 3.29. The van der Waals surface area contributed by atoms with Crippen LogP contribution in [0.25, 0.3) is 0 Å². The number of hydrogen-bond donors (Lipinski definition) is 2. The van der Waals surface area contributed by atoms with E-state index in [0.717, 1.165) is 5.75 Å². The first-order valence-corrected chi connectivity index (χ1v) is 11.0. The lowest BCUT2D eigenvalue weighted by Gasteiger charge is -2.18. The topological polar surface area (TPSA) is 80.6 Å². The number of nitrogens with one attached hydrogen (secondary N) is 2. The molecule has 1 unspecified atom stereocenters. The number of benzene rings is 2. The van der Waals surface area contributed by atoms with E-state index in [1.807, 2.05) is 18.4 Å². The summed E-state index contributed by atoms with van der Waals surface area (Å²) in [5.74, 6) is 1.30. The van der Waals surface area contributed by atoms with Crippen LogP contribution in [0.3, 0.4) is 0 Å². The highest BCUT2D eigenvalue weighted by Gasteiger charge is 2.22. The van der Waals surface area contributed by atoms with Gasteiger partial charge < -0.3 is 19.8 Å². The Morgan fingerprint density at radius 3 is 2.53 bits per heavy atom. The Balaban J connectivity index is 1.63. The van der Waals surface area contributed by atoms with E-state index in [9.17, 15) is 9.59 Å². The lowest BCUT2D eigenvalue weighted by atomic mass is 10.2. The van der Waals surface area contributed by atoms with Gasteiger partial charge in [-0.15, -0.1) is 0 Å². The number of hydrogen-bond acceptors (Lipinski definition) is 5. The van der Waals surface area contributed by atoms with Crippen molar-refractivity contribution in [1.82, 2.24) is 5.32 Å². The van der Waals surface area contributed by atoms with Gasteiger partial charge in [0.1, 0.15) is 17.5 Å². The number of carbonyl (C=O) groups is 2. The minimum absolute atomic E-state index is 0.165. The second-order valence-corrected chi connectivity index (χ2v) is 7.72. The molecule has 0 fully saturated rings. The van der Waals surface area contributed by atoms with Gasteiger partial charge in [0.05, 0.1) is 11.3 Å². The summed E-state index contributed by atoms with van der Waals surface area (Å²) in [6.07, 6.45) is 3.85. The maximum atomic E-state index is 12.7. The lowest BCUT2D eigenvalue weighted by molar-refractivity contribution is -0.118. The second-order valence-electron chi connectivity index (χ2n) is 6.33. The van der Waals surface area contributed by atoms with Crippen molar-refractivity contribution in [2.75, 3.05) is 17.3 Å². The van der Waals surface area contributed by atoms with Crippen molar-refractivity contribution in [3.05, 3.63) is 77.7 Å². The molecule has 0 aliphatic rings. The Morgan fingerprint density at radius 2 is 1.87 bits per heavy atom. The Hall–Kier alpha value is -2.90. The zero-order valence-electron chi connectivity index (χ0n) is 16.3. The maximum absolute atomic E-state index is 12.7. The summed E-state index contributed by atoms with van der Waals surface area (Å²) >= 11 is 7.70. The molecule has 0 aliphatic heterocycles. The third kappa shape index (κ3) is 6.05. The van der Waals surface area contributed by atoms with Crippen molar-refractivity contribution in [2.45, 2.75) is 12.5 Å². The van der Waals surface area contributed by atoms with E-state index in [4.69, 9.17) is 20.8 Å². The Morgan fingerprint density at radius 1 is 1.10 bits per heavy atom. The number of para-hydroxylation sites is 1. The molecule has 0 saturated carbocycles. The van der Waals surface area contributed by atoms with Crippen molar-refractivity contribution < 1.29 is 18.7 Å². The molecule has 6 nitrogen and oxygen atoms in total. The van der Waals surface area contributed by atoms with E-state index >= 15 is 0 Å². The molecule has 0 bridgehead atoms. The number of carbonyl (C=O) groups excluding carboxylic acids is 2. The third-order valence-corrected chi connectivity index (χ3v) is 5.12. The molecule has 0 spiro atoms. The van der Waals surface area contributed by atoms with Gasteiger partial charge in [-0.2, -0.15) is 11.8 Å². The largest absolute Gasteiger partial charge is 0.459 e. The highest BCUT2D eigenvalue weighted by atomic mass is 35.5. The summed E-state index contributed by atoms with van der Waals surface area (Å²) in [5, 5.41) is 6.07. The van der Waals surface area contributed by atoms with E-state index in [-0.39, 0.29) is 11.7 Å². The molecule has 2 aromatic carbocycles. The minimum Gasteiger partial charge on any atom is -0.459 e. The van der Waals surface area contributed by atoms with Crippen LogP contribution in [0.4, 0.5) is 5.69 Å². The van der Waals surface area contributed by atoms with Crippen LogP contribution in [0.2, 0.25) is 5.02 Å². The monoisotopic (exact) mass is 444 g/mol. The summed E-state index contributed by atoms with van der Waals surface area (Å²) in [6.45, 7) is 0. The van der Waals surface area contributed by atoms with Crippen LogP contribution in [0.15, 0.2) is 71.3 Å². The predicted octanol–water partition coefficient (Wildman–Crippen LogP) is 5.22. The molecule has 2 N–H and O–H groups in total. The van der Waals surface area contributed by atoms with Crippen LogP contribution in [0, 0.1) is 0 Å². The SMILES string of the molecule is CSCCC(NC(=O)c1ccco1)C(=O)Nc1ccc(Oc2ccccc2Cl)cc1. The van der Waals surface area contributed by atoms with Crippen LogP contribution in [-0.2, 0) is 4.79 Å². The molecule has 2 amide bonds. The average molecular weight is 445 g/mol. The third-order valence-electron chi connectivity index (χ3n) is 4.16. The van der Waals surface area contributed by atoms with Gasteiger partial charge in [0.15, 0.2) is 5.76 Å². The van der Waals surface area contributed by atoms with Gasteiger partial charge in [0, 0.05) is 5.69 Å². The Labute approximate surface area is 183 Å². The number of rotatable bonds is 9. The van der Waals surface area contributed by atoms with Crippen LogP contribution >= 0.6 is 23.4 Å². The van der Waals surface area contributed by atoms with Gasteiger partial charge >= 0.3 is 0 Å². The number of halogens is 1. The molecule has 156 valence electrons. The first kappa shape index (κ1) is 21.8. The van der Waals surface area contributed by atoms with Gasteiger partial charge in [-0.05, 0) is 67.0 Å². The van der Waals surface area contributed by atoms with Crippen molar-refractivity contribution in [1.29, 1.82) is 0 Å². The fourth-order valence-corrected chi connectivity index (χ4v) is 3.28. The number of furan rings is 1. The summed E-state index contributed by atoms with van der Waals surface area (Å²) < 4.78 is 10.8. The zero-order valence-corrected chi connectivity index (χ0v) is 17.8. The lowest BCUT2D eigenvalue weighted by Crippen LogP contribution is -2.44. The molecular weight excluding hydrogens is 424 g/mol. The van der Waals surface area contributed by atoms with E-state index in [0.29, 0.717) is 28.6 Å². The Kier molecular flexibility index (Phi) is 7.82. The van der Waals surface area contributed by atoms with Crippen LogP contribution in [0.1, 0.15) is 17.0 Å². The van der Waals surface area contributed by atoms with Crippen molar-refractivity contribution >= 4 is 40.9 Å². The fourth-order valence-electron chi connectivity index (χ4n) is 2.63. The zero-order chi connectivity index (χ0) is 21.3. The molecule has 1 aromatic heterocycles. The molecule has 0 aliphatic carbocycles. The number of ether oxygens (including phenoxy) is 1. The van der Waals surface area contributed by atoms with Crippen LogP contribution in [-0.4, -0.2) is 29.9 Å². The van der Waals surface area contributed by atoms with E-state index in [1.165, 1.54) is 6.26 Å². The number of thioether (sulfide) groups is 1. The van der Waals surface area contributed by atoms with Crippen LogP contribution < -0.4 is 15.4 Å². The maximum Gasteiger partial charge on any atom is 0.287 e. The molecule has 8 heteroatoms. The first-order valence-electron chi connectivity index (χ1n) is 9.23. The quantitative estimate of drug-likeness (QED) is 0.473. The summed E-state index contributed by atoms with van der Waals surface area (Å²) in [6, 6.07) is 16.6. The van der Waals surface area contributed by atoms with Crippen molar-refractivity contribution in [3.63, 3.8) is 0 Å². The first-order chi connectivity index (χ1) is 14.6. The van der Waals surface area contributed by atoms with Gasteiger partial charge in [0.25, 0.3) is 5.91 Å². The smallest absolute Gasteiger partial charge is 0.287 e. The highest BCUT2D eigenvalue weighted by Crippen LogP contribution is 2.29. The van der Waals surface area contributed by atoms with Gasteiger partial charge in [-0.1, -0.05) is 23.7 Å². The molecule has 1 atom stereocenters. The molecule has 0 saturated heterocycles. The van der Waals surface area contributed by atoms with E-state index in [2.05, 4.69) is 10.6 Å². The summed E-state index contributed by atoms with van der Waals surface area (Å²) in [5.41, 5.74) is 0.591. The summed E-state index contributed by atoms with van der Waals surface area (Å²) in [7, 11) is 0. The second kappa shape index (κ2) is 10.8. The molecule has 1 heterocycles. The fraction of sp³-hybridized carbons (Fsp3) is 0.182. The van der Waals surface area contributed by atoms with E-state index in [1.54, 1.807) is 60.3 Å². The number of anilines is 1. The molecule has 30 heavy (non-hydrogen) atoms. The molecule has 3 aromatic rings. The summed E-state index contributed by atoms with van der Waals surface area (Å²) in [4.78, 5) is 25.0. The number of amides is 2. The van der Waals surface area contributed by atoms with E-state index < -0.39 is 11.9 Å². The van der Waals surface area contributed by atoms with Gasteiger partial charge in [0.2, 0.25) is 5.91 Å². The van der Waals surface area contributed by atoms with Gasteiger partial charge in [-0.3, -0.25) is 9.59 Å². The van der Waals surface area contributed by atoms with Crippen LogP contribution in [0.5, 0.6) is 11.5 Å². The van der Waals surface area contributed by atoms with Gasteiger partial charge in [-0.25, -0.2) is 0 Å². The van der Waals surface area contributed by atoms with Crippen molar-refractivity contribution in [2.24, 2.45) is 0 Å². The Bertz CT molecular complexity index is 977.